The molecule has 2 fully saturated rings. The van der Waals surface area contributed by atoms with Gasteiger partial charge in [-0.25, -0.2) is 4.79 Å². The number of rotatable bonds is 6. The highest BCUT2D eigenvalue weighted by Gasteiger charge is 2.43. The van der Waals surface area contributed by atoms with Crippen LogP contribution >= 0.6 is 0 Å². The Labute approximate surface area is 191 Å². The number of ketones is 1. The summed E-state index contributed by atoms with van der Waals surface area (Å²) in [5.41, 5.74) is 4.96. The van der Waals surface area contributed by atoms with Gasteiger partial charge in [0.15, 0.2) is 0 Å². The molecule has 0 spiro atoms. The smallest absolute Gasteiger partial charge is 0.410 e. The van der Waals surface area contributed by atoms with E-state index in [2.05, 4.69) is 55.5 Å². The Bertz CT molecular complexity index is 940. The van der Waals surface area contributed by atoms with Gasteiger partial charge in [-0.2, -0.15) is 0 Å². The summed E-state index contributed by atoms with van der Waals surface area (Å²) in [6.45, 7) is 2.49. The maximum Gasteiger partial charge on any atom is 0.410 e. The van der Waals surface area contributed by atoms with Gasteiger partial charge in [0.2, 0.25) is 0 Å². The summed E-state index contributed by atoms with van der Waals surface area (Å²) in [5, 5.41) is 0. The molecular weight excluding hydrogens is 398 g/mol. The van der Waals surface area contributed by atoms with Gasteiger partial charge in [-0.3, -0.25) is 4.79 Å². The highest BCUT2D eigenvalue weighted by molar-refractivity contribution is 5.82. The largest absolute Gasteiger partial charge is 0.448 e. The van der Waals surface area contributed by atoms with E-state index in [1.54, 1.807) is 0 Å². The van der Waals surface area contributed by atoms with Crippen LogP contribution in [0.1, 0.15) is 75.3 Å². The zero-order chi connectivity index (χ0) is 22.1. The Hall–Kier alpha value is -2.62. The summed E-state index contributed by atoms with van der Waals surface area (Å²) in [5.74, 6) is 0.602. The third-order valence-corrected chi connectivity index (χ3v) is 7.75. The van der Waals surface area contributed by atoms with Crippen molar-refractivity contribution in [1.82, 2.24) is 4.90 Å². The average molecular weight is 432 g/mol. The molecule has 4 heteroatoms. The second kappa shape index (κ2) is 9.09. The number of unbranched alkanes of at least 4 members (excludes halogenated alkanes) is 1. The molecule has 2 bridgehead atoms. The summed E-state index contributed by atoms with van der Waals surface area (Å²) in [6, 6.07) is 17.2. The lowest BCUT2D eigenvalue weighted by atomic mass is 9.76. The van der Waals surface area contributed by atoms with Crippen LogP contribution in [0.2, 0.25) is 0 Å². The van der Waals surface area contributed by atoms with Gasteiger partial charge in [-0.05, 0) is 60.8 Å². The highest BCUT2D eigenvalue weighted by atomic mass is 16.6. The number of amides is 1. The summed E-state index contributed by atoms with van der Waals surface area (Å²) >= 11 is 0. The van der Waals surface area contributed by atoms with Crippen LogP contribution < -0.4 is 0 Å². The minimum absolute atomic E-state index is 0.0827. The van der Waals surface area contributed by atoms with Crippen molar-refractivity contribution in [3.05, 3.63) is 59.7 Å². The molecule has 4 nitrogen and oxygen atoms in total. The fourth-order valence-corrected chi connectivity index (χ4v) is 6.17. The van der Waals surface area contributed by atoms with E-state index >= 15 is 0 Å². The zero-order valence-electron chi connectivity index (χ0n) is 19.0. The van der Waals surface area contributed by atoms with E-state index in [0.717, 1.165) is 44.9 Å². The zero-order valence-corrected chi connectivity index (χ0v) is 19.0. The van der Waals surface area contributed by atoms with Gasteiger partial charge in [-0.1, -0.05) is 61.9 Å². The SMILES string of the molecule is CCCCC(=O)C1CC2CCCC(C1)N2C(=O)OCC1c2ccccc2-c2ccccc21. The molecule has 0 N–H and O–H groups in total. The van der Waals surface area contributed by atoms with Crippen molar-refractivity contribution in [3.8, 4) is 11.1 Å². The van der Waals surface area contributed by atoms with Crippen molar-refractivity contribution in [2.45, 2.75) is 76.3 Å². The molecule has 2 aromatic rings. The minimum Gasteiger partial charge on any atom is -0.448 e. The first-order valence-corrected chi connectivity index (χ1v) is 12.3. The Kier molecular flexibility index (Phi) is 6.03. The minimum atomic E-state index is -0.194. The number of piperidine rings is 2. The van der Waals surface area contributed by atoms with E-state index in [0.29, 0.717) is 18.8 Å². The van der Waals surface area contributed by atoms with Crippen molar-refractivity contribution < 1.29 is 14.3 Å². The first-order valence-electron chi connectivity index (χ1n) is 12.3. The normalized spacial score (nSPS) is 24.0. The van der Waals surface area contributed by atoms with Crippen molar-refractivity contribution in [2.24, 2.45) is 5.92 Å². The van der Waals surface area contributed by atoms with Crippen LogP contribution in [0.25, 0.3) is 11.1 Å². The van der Waals surface area contributed by atoms with Gasteiger partial charge in [0.05, 0.1) is 0 Å². The molecule has 3 aliphatic rings. The molecule has 168 valence electrons. The molecule has 0 aromatic heterocycles. The number of benzene rings is 2. The molecule has 1 aliphatic carbocycles. The van der Waals surface area contributed by atoms with Crippen LogP contribution in [0.5, 0.6) is 0 Å². The lowest BCUT2D eigenvalue weighted by molar-refractivity contribution is -0.126. The standard InChI is InChI=1S/C28H33NO3/c1-2-3-15-27(30)19-16-20-9-8-10-21(17-19)29(20)28(31)32-18-26-24-13-6-4-11-22(24)23-12-5-7-14-25(23)26/h4-7,11-14,19-21,26H,2-3,8-10,15-18H2,1H3. The third-order valence-electron chi connectivity index (χ3n) is 7.75. The fourth-order valence-electron chi connectivity index (χ4n) is 6.17. The van der Waals surface area contributed by atoms with E-state index in [4.69, 9.17) is 4.74 Å². The first-order chi connectivity index (χ1) is 15.7. The van der Waals surface area contributed by atoms with E-state index < -0.39 is 0 Å². The lowest BCUT2D eigenvalue weighted by Gasteiger charge is -2.47. The molecular formula is C28H33NO3. The second-order valence-electron chi connectivity index (χ2n) is 9.69. The van der Waals surface area contributed by atoms with E-state index in [1.165, 1.54) is 22.3 Å². The number of hydrogen-bond acceptors (Lipinski definition) is 3. The van der Waals surface area contributed by atoms with Crippen molar-refractivity contribution >= 4 is 11.9 Å². The van der Waals surface area contributed by atoms with Crippen molar-refractivity contribution in [2.75, 3.05) is 6.61 Å². The maximum atomic E-state index is 13.3. The monoisotopic (exact) mass is 431 g/mol. The van der Waals surface area contributed by atoms with E-state index in [9.17, 15) is 9.59 Å². The molecule has 2 heterocycles. The van der Waals surface area contributed by atoms with Crippen LogP contribution in [-0.4, -0.2) is 35.5 Å². The van der Waals surface area contributed by atoms with Gasteiger partial charge in [0.1, 0.15) is 12.4 Å². The molecule has 32 heavy (non-hydrogen) atoms. The quantitative estimate of drug-likeness (QED) is 0.537. The number of Topliss-reactive ketones (excluding diaryl/α,β-unsaturated/α-hetero) is 1. The molecule has 2 aliphatic heterocycles. The number of ether oxygens (including phenoxy) is 1. The Morgan fingerprint density at radius 3 is 2.12 bits per heavy atom. The molecule has 1 amide bonds. The summed E-state index contributed by atoms with van der Waals surface area (Å²) in [4.78, 5) is 27.9. The average Bonchev–Trinajstić information content (AvgIpc) is 3.14. The molecule has 0 radical (unpaired) electrons. The number of carbonyl (C=O) groups is 2. The van der Waals surface area contributed by atoms with E-state index in [1.807, 2.05) is 4.90 Å². The number of hydrogen-bond donors (Lipinski definition) is 0. The summed E-state index contributed by atoms with van der Waals surface area (Å²) in [6.07, 6.45) is 7.24. The third kappa shape index (κ3) is 3.85. The molecule has 0 saturated carbocycles. The number of carbonyl (C=O) groups excluding carboxylic acids is 2. The topological polar surface area (TPSA) is 46.6 Å². The van der Waals surface area contributed by atoms with Crippen molar-refractivity contribution in [3.63, 3.8) is 0 Å². The number of nitrogens with zero attached hydrogens (tertiary/aromatic N) is 1. The highest BCUT2D eigenvalue weighted by Crippen LogP contribution is 2.45. The molecule has 2 saturated heterocycles. The van der Waals surface area contributed by atoms with Crippen LogP contribution in [-0.2, 0) is 9.53 Å². The Morgan fingerprint density at radius 2 is 1.53 bits per heavy atom. The molecule has 2 unspecified atom stereocenters. The Morgan fingerprint density at radius 1 is 0.938 bits per heavy atom. The van der Waals surface area contributed by atoms with Gasteiger partial charge >= 0.3 is 6.09 Å². The first kappa shape index (κ1) is 21.2. The molecule has 2 aromatic carbocycles. The fraction of sp³-hybridized carbons (Fsp3) is 0.500. The number of fused-ring (bicyclic) bond motifs is 5. The van der Waals surface area contributed by atoms with Gasteiger partial charge in [-0.15, -0.1) is 0 Å². The van der Waals surface area contributed by atoms with Gasteiger partial charge in [0.25, 0.3) is 0 Å². The maximum absolute atomic E-state index is 13.3. The second-order valence-corrected chi connectivity index (χ2v) is 9.69. The molecule has 2 atom stereocenters. The Balaban J connectivity index is 1.28. The predicted octanol–water partition coefficient (Wildman–Crippen LogP) is 6.33. The lowest BCUT2D eigenvalue weighted by Crippen LogP contribution is -2.55. The summed E-state index contributed by atoms with van der Waals surface area (Å²) < 4.78 is 5.98. The predicted molar refractivity (Wildman–Crippen MR) is 126 cm³/mol. The van der Waals surface area contributed by atoms with Crippen LogP contribution in [0.4, 0.5) is 4.79 Å². The summed E-state index contributed by atoms with van der Waals surface area (Å²) in [7, 11) is 0. The van der Waals surface area contributed by atoms with Crippen LogP contribution in [0.15, 0.2) is 48.5 Å². The van der Waals surface area contributed by atoms with Crippen LogP contribution in [0, 0.1) is 5.92 Å². The van der Waals surface area contributed by atoms with Gasteiger partial charge in [0, 0.05) is 30.3 Å². The van der Waals surface area contributed by atoms with Crippen LogP contribution in [0.3, 0.4) is 0 Å². The van der Waals surface area contributed by atoms with Gasteiger partial charge < -0.3 is 9.64 Å². The van der Waals surface area contributed by atoms with Crippen molar-refractivity contribution in [1.29, 1.82) is 0 Å². The van der Waals surface area contributed by atoms with E-state index in [-0.39, 0.29) is 30.0 Å². The molecule has 5 rings (SSSR count).